The molecule has 0 aliphatic carbocycles. The second kappa shape index (κ2) is 4.53. The van der Waals surface area contributed by atoms with E-state index in [1.54, 1.807) is 0 Å². The first-order chi connectivity index (χ1) is 5.38. The van der Waals surface area contributed by atoms with E-state index >= 15 is 0 Å². The van der Waals surface area contributed by atoms with Crippen LogP contribution in [0, 0.1) is 11.8 Å². The van der Waals surface area contributed by atoms with Gasteiger partial charge < -0.3 is 4.79 Å². The van der Waals surface area contributed by atoms with Crippen molar-refractivity contribution in [2.24, 2.45) is 11.8 Å². The van der Waals surface area contributed by atoms with Crippen molar-refractivity contribution in [3.63, 3.8) is 0 Å². The fourth-order valence-corrected chi connectivity index (χ4v) is 1.20. The standard InChI is InChI=1S/C9H16F2O/c1-7(2)6-8(4-5-12)9(3,10)11/h5,7-8H,4,6H2,1-3H3. The van der Waals surface area contributed by atoms with Crippen LogP contribution in [0.25, 0.3) is 0 Å². The summed E-state index contributed by atoms with van der Waals surface area (Å²) in [4.78, 5) is 10.1. The lowest BCUT2D eigenvalue weighted by molar-refractivity contribution is -0.113. The molecule has 0 fully saturated rings. The molecule has 0 aromatic heterocycles. The fourth-order valence-electron chi connectivity index (χ4n) is 1.20. The lowest BCUT2D eigenvalue weighted by Gasteiger charge is -2.23. The summed E-state index contributed by atoms with van der Waals surface area (Å²) in [6, 6.07) is 0. The summed E-state index contributed by atoms with van der Waals surface area (Å²) in [6.45, 7) is 4.64. The van der Waals surface area contributed by atoms with E-state index in [-0.39, 0.29) is 12.3 Å². The van der Waals surface area contributed by atoms with Crippen LogP contribution in [0.2, 0.25) is 0 Å². The third kappa shape index (κ3) is 4.42. The summed E-state index contributed by atoms with van der Waals surface area (Å²) >= 11 is 0. The van der Waals surface area contributed by atoms with E-state index < -0.39 is 11.8 Å². The molecule has 3 heteroatoms. The molecule has 0 aromatic carbocycles. The molecule has 12 heavy (non-hydrogen) atoms. The van der Waals surface area contributed by atoms with Crippen molar-refractivity contribution in [1.29, 1.82) is 0 Å². The first-order valence-electron chi connectivity index (χ1n) is 4.19. The van der Waals surface area contributed by atoms with Gasteiger partial charge in [-0.15, -0.1) is 0 Å². The molecule has 72 valence electrons. The molecule has 0 radical (unpaired) electrons. The largest absolute Gasteiger partial charge is 0.303 e. The lowest BCUT2D eigenvalue weighted by Crippen LogP contribution is -2.26. The third-order valence-corrected chi connectivity index (χ3v) is 1.85. The smallest absolute Gasteiger partial charge is 0.248 e. The number of rotatable bonds is 5. The summed E-state index contributed by atoms with van der Waals surface area (Å²) in [5, 5.41) is 0. The zero-order valence-electron chi connectivity index (χ0n) is 7.81. The fraction of sp³-hybridized carbons (Fsp3) is 0.889. The monoisotopic (exact) mass is 178 g/mol. The SMILES string of the molecule is CC(C)CC(CC=O)C(C)(F)F. The number of carbonyl (C=O) groups is 1. The number of alkyl halides is 2. The van der Waals surface area contributed by atoms with E-state index in [1.165, 1.54) is 0 Å². The molecule has 0 bridgehead atoms. The molecule has 0 rings (SSSR count). The van der Waals surface area contributed by atoms with Gasteiger partial charge in [-0.1, -0.05) is 13.8 Å². The van der Waals surface area contributed by atoms with Gasteiger partial charge in [-0.25, -0.2) is 8.78 Å². The Labute approximate surface area is 72.2 Å². The highest BCUT2D eigenvalue weighted by molar-refractivity contribution is 5.49. The van der Waals surface area contributed by atoms with Crippen molar-refractivity contribution in [2.75, 3.05) is 0 Å². The van der Waals surface area contributed by atoms with Gasteiger partial charge >= 0.3 is 0 Å². The number of hydrogen-bond donors (Lipinski definition) is 0. The maximum Gasteiger partial charge on any atom is 0.248 e. The minimum atomic E-state index is -2.73. The third-order valence-electron chi connectivity index (χ3n) is 1.85. The molecule has 0 aliphatic heterocycles. The molecule has 0 spiro atoms. The van der Waals surface area contributed by atoms with Gasteiger partial charge in [0.1, 0.15) is 6.29 Å². The topological polar surface area (TPSA) is 17.1 Å². The first-order valence-corrected chi connectivity index (χ1v) is 4.19. The predicted octanol–water partition coefficient (Wildman–Crippen LogP) is 2.89. The van der Waals surface area contributed by atoms with Crippen molar-refractivity contribution < 1.29 is 13.6 Å². The Morgan fingerprint density at radius 1 is 1.42 bits per heavy atom. The molecule has 0 heterocycles. The van der Waals surface area contributed by atoms with Crippen LogP contribution in [0.3, 0.4) is 0 Å². The van der Waals surface area contributed by atoms with E-state index in [0.29, 0.717) is 12.7 Å². The molecule has 0 aromatic rings. The van der Waals surface area contributed by atoms with Crippen LogP contribution in [-0.2, 0) is 4.79 Å². The van der Waals surface area contributed by atoms with Crippen molar-refractivity contribution in [3.05, 3.63) is 0 Å². The van der Waals surface area contributed by atoms with Crippen LogP contribution in [0.1, 0.15) is 33.6 Å². The van der Waals surface area contributed by atoms with E-state index in [4.69, 9.17) is 0 Å². The summed E-state index contributed by atoms with van der Waals surface area (Å²) < 4.78 is 25.6. The Morgan fingerprint density at radius 3 is 2.17 bits per heavy atom. The molecule has 0 aliphatic rings. The van der Waals surface area contributed by atoms with Gasteiger partial charge in [0.2, 0.25) is 5.92 Å². The van der Waals surface area contributed by atoms with E-state index in [9.17, 15) is 13.6 Å². The van der Waals surface area contributed by atoms with Gasteiger partial charge in [-0.3, -0.25) is 0 Å². The molecular weight excluding hydrogens is 162 g/mol. The molecule has 0 saturated carbocycles. The molecule has 1 nitrogen and oxygen atoms in total. The summed E-state index contributed by atoms with van der Waals surface area (Å²) in [5.41, 5.74) is 0. The van der Waals surface area contributed by atoms with Gasteiger partial charge in [-0.2, -0.15) is 0 Å². The number of carbonyl (C=O) groups excluding carboxylic acids is 1. The highest BCUT2D eigenvalue weighted by atomic mass is 19.3. The molecule has 1 atom stereocenters. The maximum atomic E-state index is 12.8. The number of halogens is 2. The average molecular weight is 178 g/mol. The van der Waals surface area contributed by atoms with Crippen molar-refractivity contribution in [3.8, 4) is 0 Å². The minimum Gasteiger partial charge on any atom is -0.303 e. The van der Waals surface area contributed by atoms with E-state index in [2.05, 4.69) is 0 Å². The predicted molar refractivity (Wildman–Crippen MR) is 44.2 cm³/mol. The molecule has 0 saturated heterocycles. The quantitative estimate of drug-likeness (QED) is 0.591. The summed E-state index contributed by atoms with van der Waals surface area (Å²) in [6.07, 6.45) is 0.939. The Kier molecular flexibility index (Phi) is 4.35. The van der Waals surface area contributed by atoms with Gasteiger partial charge in [-0.05, 0) is 19.3 Å². The van der Waals surface area contributed by atoms with Crippen molar-refractivity contribution in [1.82, 2.24) is 0 Å². The molecular formula is C9H16F2O. The summed E-state index contributed by atoms with van der Waals surface area (Å²) in [7, 11) is 0. The normalized spacial score (nSPS) is 14.8. The van der Waals surface area contributed by atoms with E-state index in [1.807, 2.05) is 13.8 Å². The van der Waals surface area contributed by atoms with Gasteiger partial charge in [0.15, 0.2) is 0 Å². The second-order valence-corrected chi connectivity index (χ2v) is 3.69. The van der Waals surface area contributed by atoms with Crippen LogP contribution in [0.15, 0.2) is 0 Å². The second-order valence-electron chi connectivity index (χ2n) is 3.69. The number of aldehydes is 1. The average Bonchev–Trinajstić information content (AvgIpc) is 1.83. The zero-order chi connectivity index (χ0) is 9.78. The van der Waals surface area contributed by atoms with Crippen LogP contribution in [-0.4, -0.2) is 12.2 Å². The first kappa shape index (κ1) is 11.5. The highest BCUT2D eigenvalue weighted by Gasteiger charge is 2.33. The van der Waals surface area contributed by atoms with Crippen molar-refractivity contribution in [2.45, 2.75) is 39.5 Å². The van der Waals surface area contributed by atoms with E-state index in [0.717, 1.165) is 6.92 Å². The Bertz CT molecular complexity index is 138. The van der Waals surface area contributed by atoms with Crippen LogP contribution in [0.5, 0.6) is 0 Å². The van der Waals surface area contributed by atoms with Gasteiger partial charge in [0.05, 0.1) is 0 Å². The Hall–Kier alpha value is -0.470. The number of hydrogen-bond acceptors (Lipinski definition) is 1. The van der Waals surface area contributed by atoms with Crippen LogP contribution in [0.4, 0.5) is 8.78 Å². The Balaban J connectivity index is 4.13. The van der Waals surface area contributed by atoms with Crippen molar-refractivity contribution >= 4 is 6.29 Å². The minimum absolute atomic E-state index is 0.0400. The summed E-state index contributed by atoms with van der Waals surface area (Å²) in [5.74, 6) is -3.32. The molecule has 0 amide bonds. The molecule has 1 unspecified atom stereocenters. The lowest BCUT2D eigenvalue weighted by atomic mass is 9.90. The van der Waals surface area contributed by atoms with Crippen LogP contribution < -0.4 is 0 Å². The maximum absolute atomic E-state index is 12.8. The van der Waals surface area contributed by atoms with Gasteiger partial charge in [0, 0.05) is 12.3 Å². The van der Waals surface area contributed by atoms with Crippen LogP contribution >= 0.6 is 0 Å². The van der Waals surface area contributed by atoms with Gasteiger partial charge in [0.25, 0.3) is 0 Å². The highest BCUT2D eigenvalue weighted by Crippen LogP contribution is 2.31. The Morgan fingerprint density at radius 2 is 1.92 bits per heavy atom. The zero-order valence-corrected chi connectivity index (χ0v) is 7.81. The molecule has 0 N–H and O–H groups in total.